The number of allylic oxidation sites excluding steroid dienone is 1. The van der Waals surface area contributed by atoms with Crippen LogP contribution < -0.4 is 0 Å². The molecule has 0 aliphatic carbocycles. The van der Waals surface area contributed by atoms with Crippen LogP contribution in [-0.4, -0.2) is 0 Å². The Morgan fingerprint density at radius 2 is 1.65 bits per heavy atom. The highest BCUT2D eigenvalue weighted by atomic mass is 16.3. The van der Waals surface area contributed by atoms with Gasteiger partial charge in [0.1, 0.15) is 5.69 Å². The van der Waals surface area contributed by atoms with E-state index in [-0.39, 0.29) is 0 Å². The third-order valence-electron chi connectivity index (χ3n) is 2.92. The normalized spacial score (nSPS) is 10.1. The van der Waals surface area contributed by atoms with Crippen LogP contribution in [0.25, 0.3) is 0 Å². The third kappa shape index (κ3) is 6.00. The van der Waals surface area contributed by atoms with Gasteiger partial charge in [-0.3, -0.25) is 0 Å². The van der Waals surface area contributed by atoms with E-state index < -0.39 is 0 Å². The minimum atomic E-state index is 0.512. The van der Waals surface area contributed by atoms with Gasteiger partial charge in [0.15, 0.2) is 0 Å². The van der Waals surface area contributed by atoms with Gasteiger partial charge in [0.2, 0.25) is 0 Å². The van der Waals surface area contributed by atoms with Crippen LogP contribution in [0.5, 0.6) is 0 Å². The standard InChI is InChI=1S/C15H21NO/c1-2-3-4-5-6-7-8-9-14-10-12-15(16-17)13-11-14/h2,10-13H,1,3-9H2. The van der Waals surface area contributed by atoms with Crippen molar-refractivity contribution in [3.05, 3.63) is 47.4 Å². The molecule has 17 heavy (non-hydrogen) atoms. The number of hydrogen-bond acceptors (Lipinski definition) is 2. The number of nitrogens with zero attached hydrogens (tertiary/aromatic N) is 1. The molecule has 92 valence electrons. The molecular weight excluding hydrogens is 210 g/mol. The van der Waals surface area contributed by atoms with Crippen molar-refractivity contribution in [3.63, 3.8) is 0 Å². The monoisotopic (exact) mass is 231 g/mol. The first-order valence-corrected chi connectivity index (χ1v) is 6.40. The molecule has 0 spiro atoms. The Morgan fingerprint density at radius 1 is 1.00 bits per heavy atom. The van der Waals surface area contributed by atoms with Crippen molar-refractivity contribution in [2.24, 2.45) is 5.18 Å². The van der Waals surface area contributed by atoms with Crippen LogP contribution in [0.2, 0.25) is 0 Å². The third-order valence-corrected chi connectivity index (χ3v) is 2.92. The summed E-state index contributed by atoms with van der Waals surface area (Å²) in [5, 5.41) is 2.89. The van der Waals surface area contributed by atoms with Gasteiger partial charge in [0, 0.05) is 0 Å². The Kier molecular flexibility index (Phi) is 6.96. The number of rotatable bonds is 9. The smallest absolute Gasteiger partial charge is 0.108 e. The van der Waals surface area contributed by atoms with Gasteiger partial charge >= 0.3 is 0 Å². The molecule has 0 saturated heterocycles. The molecule has 0 heterocycles. The molecule has 1 aromatic rings. The van der Waals surface area contributed by atoms with Gasteiger partial charge in [-0.15, -0.1) is 11.5 Å². The molecule has 0 aliphatic heterocycles. The summed E-state index contributed by atoms with van der Waals surface area (Å²) in [5.41, 5.74) is 1.81. The highest BCUT2D eigenvalue weighted by molar-refractivity contribution is 5.38. The van der Waals surface area contributed by atoms with Gasteiger partial charge in [-0.2, -0.15) is 0 Å². The lowest BCUT2D eigenvalue weighted by Crippen LogP contribution is -1.85. The first-order chi connectivity index (χ1) is 8.36. The second kappa shape index (κ2) is 8.68. The Bertz CT molecular complexity index is 329. The molecule has 0 atom stereocenters. The van der Waals surface area contributed by atoms with Crippen molar-refractivity contribution < 1.29 is 0 Å². The minimum Gasteiger partial charge on any atom is -0.145 e. The summed E-state index contributed by atoms with van der Waals surface area (Å²) >= 11 is 0. The van der Waals surface area contributed by atoms with Crippen LogP contribution in [0.1, 0.15) is 44.1 Å². The summed E-state index contributed by atoms with van der Waals surface area (Å²) < 4.78 is 0. The van der Waals surface area contributed by atoms with Crippen LogP contribution in [0.4, 0.5) is 5.69 Å². The SMILES string of the molecule is C=CCCCCCCCc1ccc(N=O)cc1. The van der Waals surface area contributed by atoms with Crippen molar-refractivity contribution in [1.29, 1.82) is 0 Å². The number of benzene rings is 1. The Balaban J connectivity index is 2.09. The van der Waals surface area contributed by atoms with Crippen molar-refractivity contribution >= 4 is 5.69 Å². The van der Waals surface area contributed by atoms with Crippen molar-refractivity contribution in [2.45, 2.75) is 44.9 Å². The largest absolute Gasteiger partial charge is 0.145 e. The van der Waals surface area contributed by atoms with Crippen LogP contribution >= 0.6 is 0 Å². The van der Waals surface area contributed by atoms with Crippen LogP contribution in [0, 0.1) is 4.91 Å². The maximum atomic E-state index is 10.2. The molecule has 0 amide bonds. The zero-order valence-corrected chi connectivity index (χ0v) is 10.4. The first-order valence-electron chi connectivity index (χ1n) is 6.40. The Hall–Kier alpha value is -1.44. The summed E-state index contributed by atoms with van der Waals surface area (Å²) in [6.07, 6.45) is 10.6. The fraction of sp³-hybridized carbons (Fsp3) is 0.467. The highest BCUT2D eigenvalue weighted by Crippen LogP contribution is 2.15. The lowest BCUT2D eigenvalue weighted by atomic mass is 10.0. The number of nitroso groups, excluding NO2 is 1. The molecule has 0 saturated carbocycles. The Morgan fingerprint density at radius 3 is 2.29 bits per heavy atom. The lowest BCUT2D eigenvalue weighted by molar-refractivity contribution is 0.618. The van der Waals surface area contributed by atoms with E-state index in [1.807, 2.05) is 18.2 Å². The maximum Gasteiger partial charge on any atom is 0.108 e. The van der Waals surface area contributed by atoms with Gasteiger partial charge in [0.25, 0.3) is 0 Å². The summed E-state index contributed by atoms with van der Waals surface area (Å²) in [6, 6.07) is 7.56. The van der Waals surface area contributed by atoms with Crippen LogP contribution in [-0.2, 0) is 6.42 Å². The predicted octanol–water partition coefficient (Wildman–Crippen LogP) is 5.15. The molecule has 2 heteroatoms. The van der Waals surface area contributed by atoms with E-state index in [0.29, 0.717) is 5.69 Å². The molecule has 0 aromatic heterocycles. The van der Waals surface area contributed by atoms with E-state index in [1.54, 1.807) is 12.1 Å². The van der Waals surface area contributed by atoms with E-state index in [1.165, 1.54) is 37.7 Å². The molecule has 1 rings (SSSR count). The fourth-order valence-corrected chi connectivity index (χ4v) is 1.87. The Labute approximate surface area is 104 Å². The van der Waals surface area contributed by atoms with Gasteiger partial charge in [-0.25, -0.2) is 0 Å². The number of hydrogen-bond donors (Lipinski definition) is 0. The number of unbranched alkanes of at least 4 members (excludes halogenated alkanes) is 5. The molecule has 0 radical (unpaired) electrons. The second-order valence-electron chi connectivity index (χ2n) is 4.35. The van der Waals surface area contributed by atoms with Crippen LogP contribution in [0.15, 0.2) is 42.1 Å². The topological polar surface area (TPSA) is 29.4 Å². The van der Waals surface area contributed by atoms with E-state index >= 15 is 0 Å². The summed E-state index contributed by atoms with van der Waals surface area (Å²) in [4.78, 5) is 10.2. The quantitative estimate of drug-likeness (QED) is 0.328. The van der Waals surface area contributed by atoms with Crippen molar-refractivity contribution in [1.82, 2.24) is 0 Å². The minimum absolute atomic E-state index is 0.512. The van der Waals surface area contributed by atoms with Crippen molar-refractivity contribution in [2.75, 3.05) is 0 Å². The average Bonchev–Trinajstić information content (AvgIpc) is 2.38. The summed E-state index contributed by atoms with van der Waals surface area (Å²) in [7, 11) is 0. The molecule has 0 bridgehead atoms. The molecule has 0 fully saturated rings. The molecular formula is C15H21NO. The summed E-state index contributed by atoms with van der Waals surface area (Å²) in [5.74, 6) is 0. The molecule has 1 aromatic carbocycles. The van der Waals surface area contributed by atoms with E-state index in [2.05, 4.69) is 11.8 Å². The molecule has 2 nitrogen and oxygen atoms in total. The second-order valence-corrected chi connectivity index (χ2v) is 4.35. The molecule has 0 N–H and O–H groups in total. The average molecular weight is 231 g/mol. The predicted molar refractivity (Wildman–Crippen MR) is 73.5 cm³/mol. The summed E-state index contributed by atoms with van der Waals surface area (Å²) in [6.45, 7) is 3.72. The molecule has 0 unspecified atom stereocenters. The van der Waals surface area contributed by atoms with E-state index in [4.69, 9.17) is 0 Å². The molecule has 0 aliphatic rings. The van der Waals surface area contributed by atoms with Gasteiger partial charge < -0.3 is 0 Å². The van der Waals surface area contributed by atoms with Crippen molar-refractivity contribution in [3.8, 4) is 0 Å². The maximum absolute atomic E-state index is 10.2. The van der Waals surface area contributed by atoms with Gasteiger partial charge in [-0.05, 0) is 48.6 Å². The highest BCUT2D eigenvalue weighted by Gasteiger charge is 1.95. The van der Waals surface area contributed by atoms with Crippen LogP contribution in [0.3, 0.4) is 0 Å². The number of aryl methyl sites for hydroxylation is 1. The van der Waals surface area contributed by atoms with Gasteiger partial charge in [-0.1, -0.05) is 37.5 Å². The zero-order valence-electron chi connectivity index (χ0n) is 10.4. The first kappa shape index (κ1) is 13.6. The lowest BCUT2D eigenvalue weighted by Gasteiger charge is -2.02. The van der Waals surface area contributed by atoms with Gasteiger partial charge in [0.05, 0.1) is 0 Å². The zero-order chi connectivity index (χ0) is 12.3. The van der Waals surface area contributed by atoms with E-state index in [9.17, 15) is 4.91 Å². The van der Waals surface area contributed by atoms with E-state index in [0.717, 1.165) is 12.8 Å². The fourth-order valence-electron chi connectivity index (χ4n) is 1.87.